The third-order valence-electron chi connectivity index (χ3n) is 3.03. The van der Waals surface area contributed by atoms with Crippen molar-refractivity contribution in [2.45, 2.75) is 12.3 Å². The molecule has 1 unspecified atom stereocenters. The average molecular weight is 297 g/mol. The number of rotatable bonds is 4. The molecule has 0 fully saturated rings. The number of hydrogen-bond donors (Lipinski definition) is 1. The average Bonchev–Trinajstić information content (AvgIpc) is 2.41. The molecular formula is C15H11ClF2O2. The van der Waals surface area contributed by atoms with Crippen LogP contribution in [0.1, 0.15) is 17.0 Å². The Hall–Kier alpha value is -1.94. The van der Waals surface area contributed by atoms with Crippen molar-refractivity contribution in [1.29, 1.82) is 0 Å². The fraction of sp³-hybridized carbons (Fsp3) is 0.133. The summed E-state index contributed by atoms with van der Waals surface area (Å²) in [6.07, 6.45) is -0.0765. The maximum absolute atomic E-state index is 13.7. The fourth-order valence-corrected chi connectivity index (χ4v) is 2.22. The van der Waals surface area contributed by atoms with Crippen LogP contribution >= 0.6 is 11.6 Å². The van der Waals surface area contributed by atoms with Crippen molar-refractivity contribution < 1.29 is 18.7 Å². The van der Waals surface area contributed by atoms with Crippen LogP contribution in [0.2, 0.25) is 5.02 Å². The van der Waals surface area contributed by atoms with Crippen molar-refractivity contribution in [3.8, 4) is 0 Å². The second-order valence-corrected chi connectivity index (χ2v) is 4.71. The molecule has 5 heteroatoms. The van der Waals surface area contributed by atoms with Crippen molar-refractivity contribution in [3.05, 3.63) is 70.2 Å². The van der Waals surface area contributed by atoms with Gasteiger partial charge in [-0.3, -0.25) is 4.79 Å². The molecule has 0 saturated heterocycles. The van der Waals surface area contributed by atoms with Gasteiger partial charge in [-0.1, -0.05) is 41.9 Å². The molecule has 0 radical (unpaired) electrons. The van der Waals surface area contributed by atoms with Crippen LogP contribution in [-0.2, 0) is 11.2 Å². The summed E-state index contributed by atoms with van der Waals surface area (Å²) < 4.78 is 27.1. The van der Waals surface area contributed by atoms with Gasteiger partial charge in [-0.15, -0.1) is 0 Å². The van der Waals surface area contributed by atoms with Crippen molar-refractivity contribution in [2.75, 3.05) is 0 Å². The van der Waals surface area contributed by atoms with Crippen molar-refractivity contribution in [2.24, 2.45) is 0 Å². The topological polar surface area (TPSA) is 37.3 Å². The number of halogens is 3. The molecular weight excluding hydrogens is 286 g/mol. The Kier molecular flexibility index (Phi) is 4.35. The van der Waals surface area contributed by atoms with Gasteiger partial charge in [0.2, 0.25) is 0 Å². The molecule has 2 aromatic carbocycles. The Balaban J connectivity index is 2.39. The van der Waals surface area contributed by atoms with Gasteiger partial charge in [0.15, 0.2) is 0 Å². The first-order valence-corrected chi connectivity index (χ1v) is 6.28. The highest BCUT2D eigenvalue weighted by atomic mass is 35.5. The van der Waals surface area contributed by atoms with Crippen LogP contribution in [0.15, 0.2) is 42.5 Å². The van der Waals surface area contributed by atoms with Crippen LogP contribution in [0.3, 0.4) is 0 Å². The molecule has 2 nitrogen and oxygen atoms in total. The number of hydrogen-bond acceptors (Lipinski definition) is 1. The van der Waals surface area contributed by atoms with Crippen molar-refractivity contribution in [3.63, 3.8) is 0 Å². The number of carbonyl (C=O) groups is 1. The zero-order valence-electron chi connectivity index (χ0n) is 10.3. The maximum Gasteiger partial charge on any atom is 0.311 e. The lowest BCUT2D eigenvalue weighted by Gasteiger charge is -2.14. The Morgan fingerprint density at radius 3 is 2.40 bits per heavy atom. The van der Waals surface area contributed by atoms with Gasteiger partial charge in [0, 0.05) is 5.56 Å². The lowest BCUT2D eigenvalue weighted by molar-refractivity contribution is -0.138. The second kappa shape index (κ2) is 6.01. The second-order valence-electron chi connectivity index (χ2n) is 4.33. The molecule has 2 aromatic rings. The largest absolute Gasteiger partial charge is 0.481 e. The molecule has 2 rings (SSSR count). The van der Waals surface area contributed by atoms with Crippen LogP contribution in [0.25, 0.3) is 0 Å². The highest BCUT2D eigenvalue weighted by molar-refractivity contribution is 6.31. The number of benzene rings is 2. The molecule has 0 aliphatic heterocycles. The quantitative estimate of drug-likeness (QED) is 0.925. The summed E-state index contributed by atoms with van der Waals surface area (Å²) in [6.45, 7) is 0. The van der Waals surface area contributed by atoms with Crippen LogP contribution in [0.4, 0.5) is 8.78 Å². The summed E-state index contributed by atoms with van der Waals surface area (Å²) in [7, 11) is 0. The maximum atomic E-state index is 13.7. The molecule has 0 amide bonds. The molecule has 0 aliphatic carbocycles. The van der Waals surface area contributed by atoms with E-state index >= 15 is 0 Å². The van der Waals surface area contributed by atoms with Gasteiger partial charge in [-0.25, -0.2) is 8.78 Å². The number of carboxylic acid groups (broad SMARTS) is 1. The standard InChI is InChI=1S/C15H11ClF2O2/c16-14-9(4-3-7-13(14)18)8-11(15(19)20)10-5-1-2-6-12(10)17/h1-7,11H,8H2,(H,19,20). The van der Waals surface area contributed by atoms with Crippen molar-refractivity contribution in [1.82, 2.24) is 0 Å². The van der Waals surface area contributed by atoms with Gasteiger partial charge < -0.3 is 5.11 Å². The molecule has 104 valence electrons. The lowest BCUT2D eigenvalue weighted by Crippen LogP contribution is -2.16. The summed E-state index contributed by atoms with van der Waals surface area (Å²) in [5.74, 6) is -3.53. The minimum Gasteiger partial charge on any atom is -0.481 e. The molecule has 0 aliphatic rings. The first-order chi connectivity index (χ1) is 9.50. The molecule has 0 heterocycles. The summed E-state index contributed by atoms with van der Waals surface area (Å²) in [4.78, 5) is 11.3. The summed E-state index contributed by atoms with van der Waals surface area (Å²) in [6, 6.07) is 9.79. The van der Waals surface area contributed by atoms with E-state index in [1.54, 1.807) is 6.07 Å². The van der Waals surface area contributed by atoms with E-state index in [1.165, 1.54) is 36.4 Å². The van der Waals surface area contributed by atoms with E-state index in [-0.39, 0.29) is 17.0 Å². The van der Waals surface area contributed by atoms with Gasteiger partial charge in [-0.2, -0.15) is 0 Å². The molecule has 0 bridgehead atoms. The Morgan fingerprint density at radius 1 is 1.10 bits per heavy atom. The third-order valence-corrected chi connectivity index (χ3v) is 3.46. The van der Waals surface area contributed by atoms with E-state index in [0.29, 0.717) is 5.56 Å². The van der Waals surface area contributed by atoms with Crippen molar-refractivity contribution >= 4 is 17.6 Å². The van der Waals surface area contributed by atoms with Gasteiger partial charge in [0.25, 0.3) is 0 Å². The zero-order chi connectivity index (χ0) is 14.7. The lowest BCUT2D eigenvalue weighted by atomic mass is 9.91. The van der Waals surface area contributed by atoms with E-state index in [2.05, 4.69) is 0 Å². The molecule has 20 heavy (non-hydrogen) atoms. The van der Waals surface area contributed by atoms with Gasteiger partial charge in [-0.05, 0) is 24.1 Å². The molecule has 0 aromatic heterocycles. The molecule has 1 N–H and O–H groups in total. The normalized spacial score (nSPS) is 12.2. The van der Waals surface area contributed by atoms with Crippen LogP contribution in [-0.4, -0.2) is 11.1 Å². The van der Waals surface area contributed by atoms with Gasteiger partial charge >= 0.3 is 5.97 Å². The van der Waals surface area contributed by atoms with E-state index in [1.807, 2.05) is 0 Å². The highest BCUT2D eigenvalue weighted by Gasteiger charge is 2.24. The molecule has 0 saturated carbocycles. The first kappa shape index (κ1) is 14.5. The van der Waals surface area contributed by atoms with Crippen LogP contribution in [0.5, 0.6) is 0 Å². The summed E-state index contributed by atoms with van der Waals surface area (Å²) in [5, 5.41) is 9.14. The predicted octanol–water partition coefficient (Wildman–Crippen LogP) is 4.03. The van der Waals surface area contributed by atoms with Gasteiger partial charge in [0.05, 0.1) is 10.9 Å². The predicted molar refractivity (Wildman–Crippen MR) is 71.9 cm³/mol. The highest BCUT2D eigenvalue weighted by Crippen LogP contribution is 2.28. The monoisotopic (exact) mass is 296 g/mol. The minimum absolute atomic E-state index is 0.0559. The minimum atomic E-state index is -1.18. The van der Waals surface area contributed by atoms with Gasteiger partial charge in [0.1, 0.15) is 11.6 Å². The number of carboxylic acids is 1. The third kappa shape index (κ3) is 2.96. The van der Waals surface area contributed by atoms with E-state index in [0.717, 1.165) is 0 Å². The van der Waals surface area contributed by atoms with E-state index in [4.69, 9.17) is 11.6 Å². The Bertz CT molecular complexity index is 644. The molecule has 1 atom stereocenters. The van der Waals surface area contributed by atoms with E-state index < -0.39 is 23.5 Å². The first-order valence-electron chi connectivity index (χ1n) is 5.91. The van der Waals surface area contributed by atoms with Crippen LogP contribution < -0.4 is 0 Å². The zero-order valence-corrected chi connectivity index (χ0v) is 11.1. The SMILES string of the molecule is O=C(O)C(Cc1cccc(F)c1Cl)c1ccccc1F. The Morgan fingerprint density at radius 2 is 1.75 bits per heavy atom. The number of aliphatic carboxylic acids is 1. The van der Waals surface area contributed by atoms with Crippen LogP contribution in [0, 0.1) is 11.6 Å². The summed E-state index contributed by atoms with van der Waals surface area (Å²) in [5.41, 5.74) is 0.391. The smallest absolute Gasteiger partial charge is 0.311 e. The Labute approximate surface area is 119 Å². The molecule has 0 spiro atoms. The fourth-order valence-electron chi connectivity index (χ4n) is 2.01. The summed E-state index contributed by atoms with van der Waals surface area (Å²) >= 11 is 5.81. The van der Waals surface area contributed by atoms with E-state index in [9.17, 15) is 18.7 Å².